The fourth-order valence-corrected chi connectivity index (χ4v) is 1.83. The van der Waals surface area contributed by atoms with E-state index >= 15 is 0 Å². The van der Waals surface area contributed by atoms with Crippen molar-refractivity contribution >= 4 is 17.9 Å². The smallest absolute Gasteiger partial charge is 0.248 e. The molecule has 0 unspecified atom stereocenters. The van der Waals surface area contributed by atoms with E-state index in [-0.39, 0.29) is 12.5 Å². The van der Waals surface area contributed by atoms with Gasteiger partial charge in [-0.2, -0.15) is 0 Å². The van der Waals surface area contributed by atoms with E-state index in [1.54, 1.807) is 35.2 Å². The van der Waals surface area contributed by atoms with Crippen LogP contribution in [0.15, 0.2) is 30.3 Å². The highest BCUT2D eigenvalue weighted by Gasteiger charge is 2.08. The number of amides is 2. The van der Waals surface area contributed by atoms with Gasteiger partial charge in [0.05, 0.1) is 6.61 Å². The Bertz CT molecular complexity index is 495. The van der Waals surface area contributed by atoms with Crippen LogP contribution in [0, 0.1) is 0 Å². The summed E-state index contributed by atoms with van der Waals surface area (Å²) in [4.78, 5) is 24.6. The minimum absolute atomic E-state index is 0.0450. The maximum Gasteiger partial charge on any atom is 0.248 e. The van der Waals surface area contributed by atoms with E-state index in [0.29, 0.717) is 18.7 Å². The Balaban J connectivity index is 2.68. The number of unbranched alkanes of at least 4 members (excludes halogenated alkanes) is 1. The highest BCUT2D eigenvalue weighted by molar-refractivity contribution is 5.94. The summed E-state index contributed by atoms with van der Waals surface area (Å²) in [6, 6.07) is 6.70. The van der Waals surface area contributed by atoms with E-state index in [1.807, 2.05) is 0 Å². The van der Waals surface area contributed by atoms with Crippen LogP contribution in [0.1, 0.15) is 35.7 Å². The molecule has 0 spiro atoms. The van der Waals surface area contributed by atoms with Crippen LogP contribution in [0.5, 0.6) is 0 Å². The lowest BCUT2D eigenvalue weighted by Crippen LogP contribution is -2.33. The van der Waals surface area contributed by atoms with E-state index in [2.05, 4.69) is 6.92 Å². The molecule has 1 aromatic carbocycles. The number of carbonyl (C=O) groups is 2. The first-order chi connectivity index (χ1) is 10.1. The topological polar surface area (TPSA) is 83.6 Å². The van der Waals surface area contributed by atoms with Gasteiger partial charge in [-0.05, 0) is 30.2 Å². The number of nitrogens with zero attached hydrogens (tertiary/aromatic N) is 1. The van der Waals surface area contributed by atoms with E-state index in [4.69, 9.17) is 10.8 Å². The number of carbonyl (C=O) groups excluding carboxylic acids is 2. The number of aliphatic hydroxyl groups excluding tert-OH is 1. The summed E-state index contributed by atoms with van der Waals surface area (Å²) in [6.07, 6.45) is 5.06. The van der Waals surface area contributed by atoms with Crippen LogP contribution in [0.25, 0.3) is 6.08 Å². The molecule has 0 aromatic heterocycles. The maximum absolute atomic E-state index is 12.0. The van der Waals surface area contributed by atoms with Gasteiger partial charge in [0.2, 0.25) is 11.8 Å². The van der Waals surface area contributed by atoms with Crippen LogP contribution < -0.4 is 5.73 Å². The van der Waals surface area contributed by atoms with Crippen molar-refractivity contribution in [3.05, 3.63) is 41.5 Å². The first kappa shape index (κ1) is 16.9. The van der Waals surface area contributed by atoms with Gasteiger partial charge in [-0.1, -0.05) is 25.5 Å². The van der Waals surface area contributed by atoms with Crippen LogP contribution >= 0.6 is 0 Å². The fraction of sp³-hybridized carbons (Fsp3) is 0.375. The van der Waals surface area contributed by atoms with Crippen molar-refractivity contribution in [3.8, 4) is 0 Å². The average Bonchev–Trinajstić information content (AvgIpc) is 2.49. The zero-order valence-electron chi connectivity index (χ0n) is 12.3. The molecule has 1 rings (SSSR count). The molecule has 5 nitrogen and oxygen atoms in total. The van der Waals surface area contributed by atoms with E-state index in [1.165, 1.54) is 6.08 Å². The number of primary amides is 1. The largest absolute Gasteiger partial charge is 0.395 e. The summed E-state index contributed by atoms with van der Waals surface area (Å²) in [5, 5.41) is 8.99. The van der Waals surface area contributed by atoms with Crippen molar-refractivity contribution in [2.75, 3.05) is 19.7 Å². The Morgan fingerprint density at radius 1 is 1.24 bits per heavy atom. The number of benzene rings is 1. The number of hydrogen-bond acceptors (Lipinski definition) is 3. The summed E-state index contributed by atoms with van der Waals surface area (Å²) in [7, 11) is 0. The third-order valence-electron chi connectivity index (χ3n) is 3.08. The van der Waals surface area contributed by atoms with E-state index in [9.17, 15) is 9.59 Å². The number of rotatable bonds is 8. The molecule has 0 aliphatic heterocycles. The van der Waals surface area contributed by atoms with Gasteiger partial charge < -0.3 is 15.7 Å². The predicted molar refractivity (Wildman–Crippen MR) is 82.6 cm³/mol. The van der Waals surface area contributed by atoms with Gasteiger partial charge in [-0.15, -0.1) is 0 Å². The van der Waals surface area contributed by atoms with Crippen LogP contribution in [0.4, 0.5) is 0 Å². The predicted octanol–water partition coefficient (Wildman–Crippen LogP) is 1.42. The van der Waals surface area contributed by atoms with Crippen LogP contribution in [-0.2, 0) is 4.79 Å². The highest BCUT2D eigenvalue weighted by Crippen LogP contribution is 2.06. The maximum atomic E-state index is 12.0. The standard InChI is InChI=1S/C16H22N2O3/c1-2-3-10-18(11-12-19)15(20)9-6-13-4-7-14(8-5-13)16(17)21/h4-9,19H,2-3,10-12H2,1H3,(H2,17,21). The summed E-state index contributed by atoms with van der Waals surface area (Å²) in [5.41, 5.74) is 6.41. The molecule has 3 N–H and O–H groups in total. The minimum Gasteiger partial charge on any atom is -0.395 e. The first-order valence-corrected chi connectivity index (χ1v) is 7.06. The molecule has 0 bridgehead atoms. The monoisotopic (exact) mass is 290 g/mol. The molecule has 21 heavy (non-hydrogen) atoms. The Hall–Kier alpha value is -2.14. The van der Waals surface area contributed by atoms with Crippen LogP contribution in [0.3, 0.4) is 0 Å². The lowest BCUT2D eigenvalue weighted by molar-refractivity contribution is -0.126. The van der Waals surface area contributed by atoms with Gasteiger partial charge in [0.15, 0.2) is 0 Å². The van der Waals surface area contributed by atoms with E-state index < -0.39 is 5.91 Å². The third kappa shape index (κ3) is 5.79. The van der Waals surface area contributed by atoms with Gasteiger partial charge in [0.25, 0.3) is 0 Å². The molecule has 0 saturated carbocycles. The average molecular weight is 290 g/mol. The zero-order chi connectivity index (χ0) is 15.7. The summed E-state index contributed by atoms with van der Waals surface area (Å²) < 4.78 is 0. The Kier molecular flexibility index (Phi) is 7.18. The molecule has 1 aromatic rings. The molecule has 0 heterocycles. The summed E-state index contributed by atoms with van der Waals surface area (Å²) in [6.45, 7) is 2.99. The Morgan fingerprint density at radius 2 is 1.90 bits per heavy atom. The zero-order valence-corrected chi connectivity index (χ0v) is 12.3. The lowest BCUT2D eigenvalue weighted by Gasteiger charge is -2.19. The molecule has 0 saturated heterocycles. The second-order valence-electron chi connectivity index (χ2n) is 4.72. The normalized spacial score (nSPS) is 10.8. The highest BCUT2D eigenvalue weighted by atomic mass is 16.3. The summed E-state index contributed by atoms with van der Waals surface area (Å²) >= 11 is 0. The first-order valence-electron chi connectivity index (χ1n) is 7.06. The molecular weight excluding hydrogens is 268 g/mol. The quantitative estimate of drug-likeness (QED) is 0.710. The van der Waals surface area contributed by atoms with E-state index in [0.717, 1.165) is 18.4 Å². The van der Waals surface area contributed by atoms with Gasteiger partial charge >= 0.3 is 0 Å². The Labute approximate surface area is 125 Å². The number of hydrogen-bond donors (Lipinski definition) is 2. The third-order valence-corrected chi connectivity index (χ3v) is 3.08. The molecule has 0 aliphatic carbocycles. The van der Waals surface area contributed by atoms with Crippen molar-refractivity contribution in [2.45, 2.75) is 19.8 Å². The van der Waals surface area contributed by atoms with Crippen LogP contribution in [-0.4, -0.2) is 41.5 Å². The lowest BCUT2D eigenvalue weighted by atomic mass is 10.1. The second-order valence-corrected chi connectivity index (χ2v) is 4.72. The Morgan fingerprint density at radius 3 is 2.43 bits per heavy atom. The molecule has 0 atom stereocenters. The van der Waals surface area contributed by atoms with Crippen molar-refractivity contribution < 1.29 is 14.7 Å². The van der Waals surface area contributed by atoms with Crippen molar-refractivity contribution in [2.24, 2.45) is 5.73 Å². The van der Waals surface area contributed by atoms with Crippen molar-refractivity contribution in [3.63, 3.8) is 0 Å². The van der Waals surface area contributed by atoms with Gasteiger partial charge in [0, 0.05) is 24.7 Å². The number of aliphatic hydroxyl groups is 1. The van der Waals surface area contributed by atoms with Gasteiger partial charge in [-0.3, -0.25) is 9.59 Å². The molecule has 2 amide bonds. The van der Waals surface area contributed by atoms with Crippen molar-refractivity contribution in [1.82, 2.24) is 4.90 Å². The minimum atomic E-state index is -0.477. The van der Waals surface area contributed by atoms with Gasteiger partial charge in [0.1, 0.15) is 0 Å². The molecule has 5 heteroatoms. The molecule has 0 aliphatic rings. The van der Waals surface area contributed by atoms with Crippen molar-refractivity contribution in [1.29, 1.82) is 0 Å². The second kappa shape index (κ2) is 8.92. The fourth-order valence-electron chi connectivity index (χ4n) is 1.83. The molecule has 0 radical (unpaired) electrons. The van der Waals surface area contributed by atoms with Crippen LogP contribution in [0.2, 0.25) is 0 Å². The van der Waals surface area contributed by atoms with Gasteiger partial charge in [-0.25, -0.2) is 0 Å². The molecule has 0 fully saturated rings. The SMILES string of the molecule is CCCCN(CCO)C(=O)C=Cc1ccc(C(N)=O)cc1. The number of nitrogens with two attached hydrogens (primary N) is 1. The molecular formula is C16H22N2O3. The molecule has 114 valence electrons. The summed E-state index contributed by atoms with van der Waals surface area (Å²) in [5.74, 6) is -0.605.